The summed E-state index contributed by atoms with van der Waals surface area (Å²) in [5, 5.41) is 2.84. The van der Waals surface area contributed by atoms with Crippen LogP contribution in [0.25, 0.3) is 0 Å². The summed E-state index contributed by atoms with van der Waals surface area (Å²) in [6.07, 6.45) is 0.990. The summed E-state index contributed by atoms with van der Waals surface area (Å²) in [6.45, 7) is 12.1. The Morgan fingerprint density at radius 1 is 1.09 bits per heavy atom. The van der Waals surface area contributed by atoms with E-state index in [1.54, 1.807) is 23.8 Å². The second-order valence-electron chi connectivity index (χ2n) is 12.2. The summed E-state index contributed by atoms with van der Waals surface area (Å²) >= 11 is 0. The summed E-state index contributed by atoms with van der Waals surface area (Å²) in [5.74, 6) is -2.06. The van der Waals surface area contributed by atoms with Crippen molar-refractivity contribution in [2.45, 2.75) is 96.2 Å². The van der Waals surface area contributed by atoms with Gasteiger partial charge in [0.2, 0.25) is 17.7 Å². The molecule has 7 atom stereocenters. The van der Waals surface area contributed by atoms with Gasteiger partial charge in [0.25, 0.3) is 0 Å². The number of nitrogens with zero attached hydrogens (tertiary/aromatic N) is 2. The van der Waals surface area contributed by atoms with Crippen LogP contribution in [0.15, 0.2) is 42.5 Å². The first kappa shape index (κ1) is 37.9. The van der Waals surface area contributed by atoms with Gasteiger partial charge in [-0.25, -0.2) is 4.79 Å². The van der Waals surface area contributed by atoms with Crippen LogP contribution in [-0.4, -0.2) is 105 Å². The van der Waals surface area contributed by atoms with Gasteiger partial charge in [-0.05, 0) is 30.7 Å². The van der Waals surface area contributed by atoms with Crippen molar-refractivity contribution in [3.8, 4) is 0 Å². The average molecular weight is 631 g/mol. The number of benzene rings is 1. The zero-order chi connectivity index (χ0) is 33.8. The molecule has 252 valence electrons. The maximum Gasteiger partial charge on any atom is 0.328 e. The topological polar surface area (TPSA) is 141 Å². The highest BCUT2D eigenvalue weighted by atomic mass is 16.5. The molecule has 0 radical (unpaired) electrons. The highest BCUT2D eigenvalue weighted by molar-refractivity contribution is 5.86. The lowest BCUT2D eigenvalue weighted by Gasteiger charge is -2.38. The number of hydrogen-bond donors (Lipinski definition) is 2. The predicted octanol–water partition coefficient (Wildman–Crippen LogP) is 2.71. The monoisotopic (exact) mass is 630 g/mol. The molecule has 1 heterocycles. The molecular weight excluding hydrogens is 576 g/mol. The third kappa shape index (κ3) is 9.85. The number of likely N-dealkylation sites (tertiary alicyclic amines) is 1. The number of nitrogens with two attached hydrogens (primary N) is 1. The number of nitrogens with one attached hydrogen (secondary N) is 1. The maximum atomic E-state index is 13.9. The first-order chi connectivity index (χ1) is 21.3. The van der Waals surface area contributed by atoms with E-state index in [1.165, 1.54) is 21.3 Å². The molecule has 0 spiro atoms. The van der Waals surface area contributed by atoms with Crippen molar-refractivity contribution in [2.75, 3.05) is 34.9 Å². The van der Waals surface area contributed by atoms with E-state index in [0.717, 1.165) is 17.6 Å². The van der Waals surface area contributed by atoms with Gasteiger partial charge in [0.15, 0.2) is 0 Å². The van der Waals surface area contributed by atoms with Gasteiger partial charge >= 0.3 is 5.97 Å². The van der Waals surface area contributed by atoms with Crippen LogP contribution >= 0.6 is 0 Å². The molecular formula is C34H54N4O7. The van der Waals surface area contributed by atoms with Crippen LogP contribution < -0.4 is 11.1 Å². The number of esters is 1. The third-order valence-electron chi connectivity index (χ3n) is 8.93. The number of ether oxygens (including phenoxy) is 3. The Kier molecular flexibility index (Phi) is 15.2. The number of likely N-dealkylation sites (N-methyl/N-ethyl adjacent to an activating group) is 1. The van der Waals surface area contributed by atoms with Crippen LogP contribution in [0.5, 0.6) is 0 Å². The molecule has 1 saturated heterocycles. The van der Waals surface area contributed by atoms with Gasteiger partial charge < -0.3 is 35.1 Å². The van der Waals surface area contributed by atoms with Crippen molar-refractivity contribution in [3.63, 3.8) is 0 Å². The Balaban J connectivity index is 2.22. The van der Waals surface area contributed by atoms with Crippen LogP contribution in [0, 0.1) is 11.8 Å². The number of methoxy groups -OCH3 is 3. The molecule has 0 aliphatic carbocycles. The van der Waals surface area contributed by atoms with Gasteiger partial charge in [-0.1, -0.05) is 70.2 Å². The lowest BCUT2D eigenvalue weighted by molar-refractivity contribution is -0.147. The Hall–Kier alpha value is -3.28. The molecule has 1 aliphatic rings. The lowest BCUT2D eigenvalue weighted by Crippen LogP contribution is -2.55. The largest absolute Gasteiger partial charge is 0.467 e. The highest BCUT2D eigenvalue weighted by Gasteiger charge is 2.42. The zero-order valence-corrected chi connectivity index (χ0v) is 28.3. The summed E-state index contributed by atoms with van der Waals surface area (Å²) < 4.78 is 16.6. The van der Waals surface area contributed by atoms with Crippen molar-refractivity contribution in [1.82, 2.24) is 15.1 Å². The van der Waals surface area contributed by atoms with Gasteiger partial charge in [-0.15, -0.1) is 0 Å². The smallest absolute Gasteiger partial charge is 0.328 e. The lowest BCUT2D eigenvalue weighted by atomic mass is 9.92. The van der Waals surface area contributed by atoms with Crippen molar-refractivity contribution < 1.29 is 33.4 Å². The maximum absolute atomic E-state index is 13.9. The first-order valence-electron chi connectivity index (χ1n) is 15.8. The summed E-state index contributed by atoms with van der Waals surface area (Å²) in [7, 11) is 6.00. The van der Waals surface area contributed by atoms with Crippen LogP contribution in [-0.2, 0) is 39.8 Å². The van der Waals surface area contributed by atoms with E-state index in [1.807, 2.05) is 51.1 Å². The normalized spacial score (nSPS) is 18.8. The van der Waals surface area contributed by atoms with E-state index in [4.69, 9.17) is 19.9 Å². The molecule has 1 aromatic rings. The quantitative estimate of drug-likeness (QED) is 0.198. The van der Waals surface area contributed by atoms with E-state index >= 15 is 0 Å². The van der Waals surface area contributed by atoms with Crippen molar-refractivity contribution >= 4 is 23.7 Å². The van der Waals surface area contributed by atoms with Crippen molar-refractivity contribution in [3.05, 3.63) is 48.0 Å². The molecule has 11 nitrogen and oxygen atoms in total. The van der Waals surface area contributed by atoms with Crippen molar-refractivity contribution in [1.29, 1.82) is 0 Å². The molecule has 45 heavy (non-hydrogen) atoms. The molecule has 11 heteroatoms. The van der Waals surface area contributed by atoms with Crippen LogP contribution in [0.1, 0.15) is 58.9 Å². The van der Waals surface area contributed by atoms with E-state index < -0.39 is 42.2 Å². The molecule has 0 bridgehead atoms. The van der Waals surface area contributed by atoms with Gasteiger partial charge in [0.05, 0.1) is 49.8 Å². The van der Waals surface area contributed by atoms with E-state index in [9.17, 15) is 19.2 Å². The number of carbonyl (C=O) groups is 4. The van der Waals surface area contributed by atoms with Gasteiger partial charge in [0, 0.05) is 34.2 Å². The highest BCUT2D eigenvalue weighted by Crippen LogP contribution is 2.29. The number of carbonyl (C=O) groups excluding carboxylic acids is 4. The first-order valence-corrected chi connectivity index (χ1v) is 15.8. The van der Waals surface area contributed by atoms with E-state index in [-0.39, 0.29) is 42.5 Å². The Morgan fingerprint density at radius 3 is 2.27 bits per heavy atom. The molecule has 2 rings (SSSR count). The van der Waals surface area contributed by atoms with E-state index in [2.05, 4.69) is 11.9 Å². The third-order valence-corrected chi connectivity index (χ3v) is 8.93. The molecule has 1 aromatic carbocycles. The molecule has 1 aliphatic heterocycles. The molecule has 0 aromatic heterocycles. The number of amides is 3. The summed E-state index contributed by atoms with van der Waals surface area (Å²) in [4.78, 5) is 56.4. The second kappa shape index (κ2) is 18.0. The van der Waals surface area contributed by atoms with Crippen LogP contribution in [0.3, 0.4) is 0 Å². The number of hydrogen-bond acceptors (Lipinski definition) is 8. The van der Waals surface area contributed by atoms with Crippen LogP contribution in [0.2, 0.25) is 0 Å². The zero-order valence-electron chi connectivity index (χ0n) is 28.3. The van der Waals surface area contributed by atoms with Gasteiger partial charge in [-0.2, -0.15) is 0 Å². The summed E-state index contributed by atoms with van der Waals surface area (Å²) in [6, 6.07) is 6.89. The fraction of sp³-hybridized carbons (Fsp3) is 0.647. The molecule has 0 saturated carbocycles. The SMILES string of the molecule is C=C(CC)[C@@H]([C@@H](CC(=O)N1CCC[C@H]1[C@H](OC)C(C)C(=O)N[C@@H](Cc1ccccc1)C(=O)OC)OC)N(C)C(=O)[C@@H](N)C(C)C. The number of rotatable bonds is 17. The molecule has 1 unspecified atom stereocenters. The molecule has 3 N–H and O–H groups in total. The average Bonchev–Trinajstić information content (AvgIpc) is 3.52. The minimum absolute atomic E-state index is 0.00370. The van der Waals surface area contributed by atoms with Gasteiger partial charge in [0.1, 0.15) is 6.04 Å². The van der Waals surface area contributed by atoms with E-state index in [0.29, 0.717) is 19.4 Å². The fourth-order valence-corrected chi connectivity index (χ4v) is 6.04. The second-order valence-corrected chi connectivity index (χ2v) is 12.2. The standard InChI is InChI=1S/C34H54N4O7/c1-10-22(4)30(37(6)33(41)29(35)21(2)3)27(43-7)20-28(39)38-18-14-17-26(38)31(44-8)23(5)32(40)36-25(34(42)45-9)19-24-15-12-11-13-16-24/h11-13,15-16,21,23,25-27,29-31H,4,10,14,17-20,35H2,1-3,5-9H3,(H,36,40)/t23?,25-,26-,27+,29-,30-,31+/m0/s1. The molecule has 1 fully saturated rings. The Labute approximate surface area is 268 Å². The fourth-order valence-electron chi connectivity index (χ4n) is 6.04. The minimum atomic E-state index is -0.874. The van der Waals surface area contributed by atoms with Gasteiger partial charge in [-0.3, -0.25) is 14.4 Å². The summed E-state index contributed by atoms with van der Waals surface area (Å²) in [5.41, 5.74) is 7.83. The van der Waals surface area contributed by atoms with Crippen molar-refractivity contribution in [2.24, 2.45) is 17.6 Å². The Bertz CT molecular complexity index is 1140. The Morgan fingerprint density at radius 2 is 1.73 bits per heavy atom. The van der Waals surface area contributed by atoms with Crippen LogP contribution in [0.4, 0.5) is 0 Å². The molecule has 3 amide bonds. The minimum Gasteiger partial charge on any atom is -0.467 e. The predicted molar refractivity (Wildman–Crippen MR) is 173 cm³/mol.